The van der Waals surface area contributed by atoms with Crippen LogP contribution in [0.2, 0.25) is 0 Å². The van der Waals surface area contributed by atoms with Gasteiger partial charge < -0.3 is 14.7 Å². The van der Waals surface area contributed by atoms with Gasteiger partial charge in [0.1, 0.15) is 0 Å². The normalized spacial score (nSPS) is 19.2. The Hall–Kier alpha value is -1.14. The smallest absolute Gasteiger partial charge is 0.303 e. The van der Waals surface area contributed by atoms with Crippen molar-refractivity contribution >= 4 is 11.9 Å². The molecule has 0 aromatic carbocycles. The van der Waals surface area contributed by atoms with Gasteiger partial charge in [-0.3, -0.25) is 14.5 Å². The van der Waals surface area contributed by atoms with E-state index in [1.165, 1.54) is 0 Å². The van der Waals surface area contributed by atoms with Crippen molar-refractivity contribution in [3.63, 3.8) is 0 Å². The highest BCUT2D eigenvalue weighted by Crippen LogP contribution is 2.12. The summed E-state index contributed by atoms with van der Waals surface area (Å²) < 4.78 is 0.933. The van der Waals surface area contributed by atoms with Gasteiger partial charge in [-0.25, -0.2) is 0 Å². The first-order chi connectivity index (χ1) is 8.91. The Labute approximate surface area is 114 Å². The molecule has 0 atom stereocenters. The van der Waals surface area contributed by atoms with E-state index in [9.17, 15) is 9.59 Å². The van der Waals surface area contributed by atoms with Gasteiger partial charge in [0.25, 0.3) is 0 Å². The van der Waals surface area contributed by atoms with Gasteiger partial charge in [0, 0.05) is 25.9 Å². The zero-order valence-electron chi connectivity index (χ0n) is 11.7. The van der Waals surface area contributed by atoms with Crippen LogP contribution in [0.5, 0.6) is 0 Å². The Bertz CT molecular complexity index is 312. The molecule has 1 heterocycles. The summed E-state index contributed by atoms with van der Waals surface area (Å²) in [5.41, 5.74) is 0. The van der Waals surface area contributed by atoms with Crippen LogP contribution in [0, 0.1) is 0 Å². The lowest BCUT2D eigenvalue weighted by molar-refractivity contribution is -0.913. The molecular formula is C13H25N2O4+. The molecule has 110 valence electrons. The summed E-state index contributed by atoms with van der Waals surface area (Å²) in [6.45, 7) is 5.75. The number of piperazine rings is 1. The number of hydrogen-bond acceptors (Lipinski definition) is 3. The van der Waals surface area contributed by atoms with Gasteiger partial charge in [-0.2, -0.15) is 0 Å². The predicted octanol–water partition coefficient (Wildman–Crippen LogP) is 0.478. The third kappa shape index (κ3) is 6.54. The number of carbonyl (C=O) groups is 2. The van der Waals surface area contributed by atoms with Gasteiger partial charge in [0.05, 0.1) is 33.1 Å². The number of rotatable bonds is 8. The van der Waals surface area contributed by atoms with Gasteiger partial charge in [0.2, 0.25) is 0 Å². The maximum atomic E-state index is 10.5. The highest BCUT2D eigenvalue weighted by molar-refractivity contribution is 5.66. The van der Waals surface area contributed by atoms with Crippen molar-refractivity contribution in [2.45, 2.75) is 25.7 Å². The zero-order valence-corrected chi connectivity index (χ0v) is 11.7. The van der Waals surface area contributed by atoms with E-state index in [4.69, 9.17) is 10.2 Å². The molecular weight excluding hydrogens is 248 g/mol. The molecule has 0 spiro atoms. The summed E-state index contributed by atoms with van der Waals surface area (Å²) in [5.74, 6) is -1.45. The van der Waals surface area contributed by atoms with Crippen LogP contribution in [-0.4, -0.2) is 77.9 Å². The Balaban J connectivity index is 2.19. The molecule has 1 aliphatic heterocycles. The molecule has 0 aromatic heterocycles. The fourth-order valence-corrected chi connectivity index (χ4v) is 2.50. The third-order valence-corrected chi connectivity index (χ3v) is 3.87. The molecule has 0 amide bonds. The Morgan fingerprint density at radius 2 is 1.58 bits per heavy atom. The Morgan fingerprint density at radius 3 is 2.11 bits per heavy atom. The van der Waals surface area contributed by atoms with Gasteiger partial charge in [-0.15, -0.1) is 0 Å². The number of carboxylic acid groups (broad SMARTS) is 2. The van der Waals surface area contributed by atoms with Crippen LogP contribution in [-0.2, 0) is 9.59 Å². The molecule has 2 N–H and O–H groups in total. The van der Waals surface area contributed by atoms with Gasteiger partial charge in [-0.1, -0.05) is 0 Å². The van der Waals surface area contributed by atoms with Gasteiger partial charge in [0.15, 0.2) is 0 Å². The van der Waals surface area contributed by atoms with Crippen molar-refractivity contribution < 1.29 is 24.3 Å². The largest absolute Gasteiger partial charge is 0.481 e. The van der Waals surface area contributed by atoms with E-state index in [2.05, 4.69) is 11.9 Å². The van der Waals surface area contributed by atoms with Crippen molar-refractivity contribution in [3.05, 3.63) is 0 Å². The SMILES string of the molecule is C[N+]1(CCCC(=O)O)CCN(CCCC(=O)O)CC1. The van der Waals surface area contributed by atoms with Crippen molar-refractivity contribution in [2.24, 2.45) is 0 Å². The van der Waals surface area contributed by atoms with Crippen molar-refractivity contribution in [1.29, 1.82) is 0 Å². The number of carboxylic acids is 2. The van der Waals surface area contributed by atoms with Crippen LogP contribution in [0.3, 0.4) is 0 Å². The molecule has 0 aromatic rings. The third-order valence-electron chi connectivity index (χ3n) is 3.87. The molecule has 0 bridgehead atoms. The number of likely N-dealkylation sites (N-methyl/N-ethyl adjacent to an activating group) is 1. The van der Waals surface area contributed by atoms with E-state index in [0.29, 0.717) is 6.42 Å². The van der Waals surface area contributed by atoms with E-state index >= 15 is 0 Å². The van der Waals surface area contributed by atoms with Crippen LogP contribution >= 0.6 is 0 Å². The minimum Gasteiger partial charge on any atom is -0.481 e. The highest BCUT2D eigenvalue weighted by atomic mass is 16.4. The lowest BCUT2D eigenvalue weighted by atomic mass is 10.2. The average molecular weight is 273 g/mol. The fraction of sp³-hybridized carbons (Fsp3) is 0.846. The average Bonchev–Trinajstić information content (AvgIpc) is 2.31. The number of nitrogens with zero attached hydrogens (tertiary/aromatic N) is 2. The minimum absolute atomic E-state index is 0.237. The Morgan fingerprint density at radius 1 is 1.05 bits per heavy atom. The lowest BCUT2D eigenvalue weighted by Gasteiger charge is -2.42. The first-order valence-electron chi connectivity index (χ1n) is 6.91. The van der Waals surface area contributed by atoms with E-state index in [0.717, 1.165) is 50.2 Å². The topological polar surface area (TPSA) is 77.8 Å². The summed E-state index contributed by atoms with van der Waals surface area (Å²) in [7, 11) is 2.18. The van der Waals surface area contributed by atoms with E-state index in [-0.39, 0.29) is 12.8 Å². The molecule has 1 aliphatic rings. The molecule has 1 fully saturated rings. The number of hydrogen-bond donors (Lipinski definition) is 2. The van der Waals surface area contributed by atoms with Crippen LogP contribution in [0.15, 0.2) is 0 Å². The molecule has 0 aliphatic carbocycles. The molecule has 0 unspecified atom stereocenters. The van der Waals surface area contributed by atoms with Gasteiger partial charge >= 0.3 is 11.9 Å². The summed E-state index contributed by atoms with van der Waals surface area (Å²) in [5, 5.41) is 17.2. The molecule has 1 saturated heterocycles. The van der Waals surface area contributed by atoms with E-state index < -0.39 is 11.9 Å². The maximum absolute atomic E-state index is 10.5. The monoisotopic (exact) mass is 273 g/mol. The van der Waals surface area contributed by atoms with Crippen LogP contribution in [0.4, 0.5) is 0 Å². The van der Waals surface area contributed by atoms with E-state index in [1.54, 1.807) is 0 Å². The summed E-state index contributed by atoms with van der Waals surface area (Å²) in [6.07, 6.45) is 1.92. The number of aliphatic carboxylic acids is 2. The summed E-state index contributed by atoms with van der Waals surface area (Å²) in [6, 6.07) is 0. The second-order valence-electron chi connectivity index (χ2n) is 5.63. The molecule has 19 heavy (non-hydrogen) atoms. The molecule has 6 heteroatoms. The molecule has 1 rings (SSSR count). The zero-order chi connectivity index (χ0) is 14.3. The van der Waals surface area contributed by atoms with Crippen LogP contribution < -0.4 is 0 Å². The minimum atomic E-state index is -0.730. The second-order valence-corrected chi connectivity index (χ2v) is 5.63. The first-order valence-corrected chi connectivity index (χ1v) is 6.91. The van der Waals surface area contributed by atoms with E-state index in [1.807, 2.05) is 0 Å². The summed E-state index contributed by atoms with van der Waals surface area (Å²) >= 11 is 0. The molecule has 0 saturated carbocycles. The van der Waals surface area contributed by atoms with Gasteiger partial charge in [-0.05, 0) is 13.0 Å². The van der Waals surface area contributed by atoms with Crippen molar-refractivity contribution in [3.8, 4) is 0 Å². The quantitative estimate of drug-likeness (QED) is 0.629. The fourth-order valence-electron chi connectivity index (χ4n) is 2.50. The maximum Gasteiger partial charge on any atom is 0.303 e. The highest BCUT2D eigenvalue weighted by Gasteiger charge is 2.28. The first kappa shape index (κ1) is 15.9. The van der Waals surface area contributed by atoms with Crippen molar-refractivity contribution in [2.75, 3.05) is 46.3 Å². The standard InChI is InChI=1S/C13H24N2O4/c1-15(9-3-5-13(18)19)10-7-14(8-11-15)6-2-4-12(16)17/h2-11H2,1H3,(H-,16,17,18,19)/p+1. The molecule has 0 radical (unpaired) electrons. The summed E-state index contributed by atoms with van der Waals surface area (Å²) in [4.78, 5) is 23.3. The van der Waals surface area contributed by atoms with Crippen molar-refractivity contribution in [1.82, 2.24) is 4.90 Å². The Kier molecular flexibility index (Phi) is 6.24. The number of quaternary nitrogens is 1. The molecule has 6 nitrogen and oxygen atoms in total. The predicted molar refractivity (Wildman–Crippen MR) is 71.0 cm³/mol. The lowest BCUT2D eigenvalue weighted by Crippen LogP contribution is -2.57. The van der Waals surface area contributed by atoms with Crippen LogP contribution in [0.1, 0.15) is 25.7 Å². The van der Waals surface area contributed by atoms with Crippen LogP contribution in [0.25, 0.3) is 0 Å². The second kappa shape index (κ2) is 7.45.